The molecule has 0 heterocycles. The molecular weight excluding hydrogens is 375 g/mol. The SMILES string of the molecule is O=C(COC(=O)c1ccccc1OCCOc1ccccc1)c1ccc(F)cc1. The van der Waals surface area contributed by atoms with Crippen molar-refractivity contribution in [1.29, 1.82) is 0 Å². The lowest BCUT2D eigenvalue weighted by atomic mass is 10.1. The first-order chi connectivity index (χ1) is 14.1. The summed E-state index contributed by atoms with van der Waals surface area (Å²) in [6.45, 7) is 0.0834. The highest BCUT2D eigenvalue weighted by molar-refractivity contribution is 5.99. The number of esters is 1. The lowest BCUT2D eigenvalue weighted by Crippen LogP contribution is -2.16. The molecule has 0 radical (unpaired) electrons. The third kappa shape index (κ3) is 5.90. The standard InChI is InChI=1S/C23H19FO5/c24-18-12-10-17(11-13-18)21(25)16-29-23(26)20-8-4-5-9-22(20)28-15-14-27-19-6-2-1-3-7-19/h1-13H,14-16H2. The van der Waals surface area contributed by atoms with Crippen molar-refractivity contribution in [2.45, 2.75) is 0 Å². The number of para-hydroxylation sites is 2. The van der Waals surface area contributed by atoms with Gasteiger partial charge in [-0.05, 0) is 48.5 Å². The Bertz CT molecular complexity index is 955. The van der Waals surface area contributed by atoms with Crippen LogP contribution in [0.5, 0.6) is 11.5 Å². The summed E-state index contributed by atoms with van der Waals surface area (Å²) in [5.41, 5.74) is 0.473. The molecule has 3 aromatic rings. The van der Waals surface area contributed by atoms with E-state index in [0.717, 1.165) is 5.75 Å². The largest absolute Gasteiger partial charge is 0.490 e. The fraction of sp³-hybridized carbons (Fsp3) is 0.130. The molecule has 0 spiro atoms. The highest BCUT2D eigenvalue weighted by Crippen LogP contribution is 2.19. The van der Waals surface area contributed by atoms with Crippen LogP contribution < -0.4 is 9.47 Å². The number of ketones is 1. The van der Waals surface area contributed by atoms with E-state index in [1.807, 2.05) is 30.3 Å². The first kappa shape index (κ1) is 20.1. The maximum absolute atomic E-state index is 12.9. The second-order valence-electron chi connectivity index (χ2n) is 6.01. The maximum atomic E-state index is 12.9. The molecule has 0 bridgehead atoms. The van der Waals surface area contributed by atoms with E-state index in [0.29, 0.717) is 12.4 Å². The van der Waals surface area contributed by atoms with Crippen LogP contribution in [0.4, 0.5) is 4.39 Å². The molecule has 29 heavy (non-hydrogen) atoms. The first-order valence-electron chi connectivity index (χ1n) is 8.99. The Kier molecular flexibility index (Phi) is 6.95. The molecule has 3 rings (SSSR count). The quantitative estimate of drug-likeness (QED) is 0.307. The lowest BCUT2D eigenvalue weighted by molar-refractivity contribution is 0.0470. The minimum atomic E-state index is -0.681. The van der Waals surface area contributed by atoms with Gasteiger partial charge in [0.2, 0.25) is 0 Å². The average molecular weight is 394 g/mol. The van der Waals surface area contributed by atoms with Crippen molar-refractivity contribution in [3.63, 3.8) is 0 Å². The van der Waals surface area contributed by atoms with E-state index in [-0.39, 0.29) is 17.7 Å². The molecule has 0 atom stereocenters. The van der Waals surface area contributed by atoms with Crippen molar-refractivity contribution in [2.24, 2.45) is 0 Å². The third-order valence-corrected chi connectivity index (χ3v) is 3.96. The van der Waals surface area contributed by atoms with Crippen LogP contribution in [0, 0.1) is 5.82 Å². The molecule has 0 saturated carbocycles. The van der Waals surface area contributed by atoms with Crippen LogP contribution in [0.1, 0.15) is 20.7 Å². The number of carbonyl (C=O) groups excluding carboxylic acids is 2. The van der Waals surface area contributed by atoms with Gasteiger partial charge in [0.15, 0.2) is 12.4 Å². The lowest BCUT2D eigenvalue weighted by Gasteiger charge is -2.12. The summed E-state index contributed by atoms with van der Waals surface area (Å²) in [5, 5.41) is 0. The van der Waals surface area contributed by atoms with Crippen LogP contribution in [-0.2, 0) is 4.74 Å². The van der Waals surface area contributed by atoms with Crippen LogP contribution in [0.15, 0.2) is 78.9 Å². The molecule has 0 saturated heterocycles. The molecule has 0 amide bonds. The zero-order valence-corrected chi connectivity index (χ0v) is 15.5. The van der Waals surface area contributed by atoms with Crippen LogP contribution in [-0.4, -0.2) is 31.6 Å². The van der Waals surface area contributed by atoms with Gasteiger partial charge in [0.05, 0.1) is 0 Å². The Balaban J connectivity index is 1.52. The van der Waals surface area contributed by atoms with E-state index >= 15 is 0 Å². The van der Waals surface area contributed by atoms with E-state index in [4.69, 9.17) is 14.2 Å². The van der Waals surface area contributed by atoms with E-state index < -0.39 is 24.2 Å². The highest BCUT2D eigenvalue weighted by atomic mass is 19.1. The number of Topliss-reactive ketones (excluding diaryl/α,β-unsaturated/α-hetero) is 1. The molecule has 0 aliphatic rings. The summed E-state index contributed by atoms with van der Waals surface area (Å²) in [4.78, 5) is 24.4. The average Bonchev–Trinajstić information content (AvgIpc) is 2.76. The van der Waals surface area contributed by atoms with E-state index in [1.54, 1.807) is 24.3 Å². The van der Waals surface area contributed by atoms with Crippen molar-refractivity contribution in [3.05, 3.63) is 95.8 Å². The molecular formula is C23H19FO5. The van der Waals surface area contributed by atoms with Gasteiger partial charge in [0.25, 0.3) is 0 Å². The zero-order chi connectivity index (χ0) is 20.5. The molecule has 0 aliphatic heterocycles. The highest BCUT2D eigenvalue weighted by Gasteiger charge is 2.16. The Morgan fingerprint density at radius 3 is 2.17 bits per heavy atom. The number of benzene rings is 3. The van der Waals surface area contributed by atoms with Gasteiger partial charge < -0.3 is 14.2 Å². The fourth-order valence-corrected chi connectivity index (χ4v) is 2.52. The topological polar surface area (TPSA) is 61.8 Å². The van der Waals surface area contributed by atoms with E-state index in [2.05, 4.69) is 0 Å². The number of ether oxygens (including phenoxy) is 3. The smallest absolute Gasteiger partial charge is 0.342 e. The van der Waals surface area contributed by atoms with Crippen LogP contribution in [0.2, 0.25) is 0 Å². The van der Waals surface area contributed by atoms with Gasteiger partial charge in [-0.3, -0.25) is 4.79 Å². The van der Waals surface area contributed by atoms with E-state index in [1.165, 1.54) is 24.3 Å². The fourth-order valence-electron chi connectivity index (χ4n) is 2.52. The van der Waals surface area contributed by atoms with Crippen LogP contribution >= 0.6 is 0 Å². The first-order valence-corrected chi connectivity index (χ1v) is 8.99. The number of hydrogen-bond acceptors (Lipinski definition) is 5. The van der Waals surface area contributed by atoms with Gasteiger partial charge in [-0.25, -0.2) is 9.18 Å². The Morgan fingerprint density at radius 2 is 1.41 bits per heavy atom. The van der Waals surface area contributed by atoms with Gasteiger partial charge in [0.1, 0.15) is 36.1 Å². The predicted molar refractivity (Wildman–Crippen MR) is 105 cm³/mol. The molecule has 0 N–H and O–H groups in total. The second-order valence-corrected chi connectivity index (χ2v) is 6.01. The van der Waals surface area contributed by atoms with Gasteiger partial charge >= 0.3 is 5.97 Å². The van der Waals surface area contributed by atoms with Crippen LogP contribution in [0.3, 0.4) is 0 Å². The van der Waals surface area contributed by atoms with Crippen molar-refractivity contribution >= 4 is 11.8 Å². The molecule has 148 valence electrons. The number of halogens is 1. The molecule has 0 unspecified atom stereocenters. The number of carbonyl (C=O) groups is 2. The second kappa shape index (κ2) is 10.0. The Morgan fingerprint density at radius 1 is 0.759 bits per heavy atom. The van der Waals surface area contributed by atoms with Crippen molar-refractivity contribution in [2.75, 3.05) is 19.8 Å². The summed E-state index contributed by atoms with van der Waals surface area (Å²) in [7, 11) is 0. The van der Waals surface area contributed by atoms with Gasteiger partial charge in [-0.15, -0.1) is 0 Å². The molecule has 3 aromatic carbocycles. The molecule has 6 heteroatoms. The normalized spacial score (nSPS) is 10.2. The molecule has 0 fully saturated rings. The summed E-state index contributed by atoms with van der Waals surface area (Å²) >= 11 is 0. The number of rotatable bonds is 9. The summed E-state index contributed by atoms with van der Waals surface area (Å²) in [6.07, 6.45) is 0. The van der Waals surface area contributed by atoms with Gasteiger partial charge in [-0.1, -0.05) is 30.3 Å². The predicted octanol–water partition coefficient (Wildman–Crippen LogP) is 4.32. The summed E-state index contributed by atoms with van der Waals surface area (Å²) < 4.78 is 29.2. The Hall–Kier alpha value is -3.67. The number of hydrogen-bond donors (Lipinski definition) is 0. The van der Waals surface area contributed by atoms with Crippen molar-refractivity contribution in [3.8, 4) is 11.5 Å². The molecule has 0 aromatic heterocycles. The van der Waals surface area contributed by atoms with Crippen LogP contribution in [0.25, 0.3) is 0 Å². The van der Waals surface area contributed by atoms with Gasteiger partial charge in [-0.2, -0.15) is 0 Å². The summed E-state index contributed by atoms with van der Waals surface area (Å²) in [5.74, 6) is -0.486. The maximum Gasteiger partial charge on any atom is 0.342 e. The van der Waals surface area contributed by atoms with Gasteiger partial charge in [0, 0.05) is 5.56 Å². The van der Waals surface area contributed by atoms with E-state index in [9.17, 15) is 14.0 Å². The van der Waals surface area contributed by atoms with Crippen molar-refractivity contribution < 1.29 is 28.2 Å². The monoisotopic (exact) mass is 394 g/mol. The Labute approximate surface area is 167 Å². The zero-order valence-electron chi connectivity index (χ0n) is 15.5. The molecule has 5 nitrogen and oxygen atoms in total. The third-order valence-electron chi connectivity index (χ3n) is 3.96. The summed E-state index contributed by atoms with van der Waals surface area (Å²) in [6, 6.07) is 20.9. The minimum Gasteiger partial charge on any atom is -0.490 e. The van der Waals surface area contributed by atoms with Crippen molar-refractivity contribution in [1.82, 2.24) is 0 Å². The minimum absolute atomic E-state index is 0.208. The molecule has 0 aliphatic carbocycles.